The number of rotatable bonds is 18. The number of carbonyl (C=O) groups excluding carboxylic acids is 4. The zero-order valence-electron chi connectivity index (χ0n) is 31.5. The monoisotopic (exact) mass is 713 g/mol. The summed E-state index contributed by atoms with van der Waals surface area (Å²) in [6.45, 7) is 14.6. The number of amides is 3. The molecule has 0 saturated carbocycles. The summed E-state index contributed by atoms with van der Waals surface area (Å²) >= 11 is 1.54. The lowest BCUT2D eigenvalue weighted by Gasteiger charge is -2.35. The summed E-state index contributed by atoms with van der Waals surface area (Å²) in [7, 11) is 0. The fraction of sp³-hybridized carbons (Fsp3) is 0.590. The van der Waals surface area contributed by atoms with Crippen LogP contribution in [0.1, 0.15) is 110 Å². The summed E-state index contributed by atoms with van der Waals surface area (Å²) in [6, 6.07) is 10.9. The minimum atomic E-state index is -1.19. The summed E-state index contributed by atoms with van der Waals surface area (Å²) < 4.78 is 11.3. The Morgan fingerprint density at radius 3 is 2.08 bits per heavy atom. The fourth-order valence-corrected chi connectivity index (χ4v) is 5.85. The van der Waals surface area contributed by atoms with E-state index < -0.39 is 53.2 Å². The number of hydrogen-bond acceptors (Lipinski definition) is 8. The molecule has 0 radical (unpaired) electrons. The SMILES string of the molecule is CCCCCCCN(C(=O)C(CCSC)NC(=O)OC(C)(C)C)C(C(=O)NC(Cc1ccccc1)C(=O)OC(C)(C)C)c1ccc(O)c(C)c1. The average Bonchev–Trinajstić information content (AvgIpc) is 3.02. The Kier molecular flexibility index (Phi) is 17.1. The zero-order chi connectivity index (χ0) is 37.5. The van der Waals surface area contributed by atoms with Gasteiger partial charge < -0.3 is 30.1 Å². The van der Waals surface area contributed by atoms with Gasteiger partial charge in [0, 0.05) is 13.0 Å². The van der Waals surface area contributed by atoms with Crippen molar-refractivity contribution in [1.82, 2.24) is 15.5 Å². The number of hydrogen-bond donors (Lipinski definition) is 3. The number of aryl methyl sites for hydroxylation is 1. The van der Waals surface area contributed by atoms with Gasteiger partial charge >= 0.3 is 12.1 Å². The molecular formula is C39H59N3O7S. The van der Waals surface area contributed by atoms with Gasteiger partial charge in [-0.3, -0.25) is 9.59 Å². The number of ether oxygens (including phenoxy) is 2. The van der Waals surface area contributed by atoms with Crippen LogP contribution in [-0.4, -0.2) is 75.7 Å². The van der Waals surface area contributed by atoms with E-state index in [0.29, 0.717) is 29.7 Å². The molecule has 0 aromatic heterocycles. The van der Waals surface area contributed by atoms with E-state index in [0.717, 1.165) is 31.2 Å². The summed E-state index contributed by atoms with van der Waals surface area (Å²) in [5.74, 6) is -1.00. The standard InChI is InChI=1S/C39H59N3O7S/c1-10-11-12-13-17-23-42(35(45)30(22-24-50-9)41-37(47)49-39(6,7)8)33(29-20-21-32(43)27(2)25-29)34(44)40-31(36(46)48-38(3,4)5)26-28-18-15-14-16-19-28/h14-16,18-21,25,30-31,33,43H,10-13,17,22-24,26H2,1-9H3,(H,40,44)(H,41,47). The number of phenolic OH excluding ortho intramolecular Hbond substituents is 1. The highest BCUT2D eigenvalue weighted by atomic mass is 32.2. The van der Waals surface area contributed by atoms with E-state index in [9.17, 15) is 24.3 Å². The van der Waals surface area contributed by atoms with Crippen LogP contribution in [0.25, 0.3) is 0 Å². The van der Waals surface area contributed by atoms with Crippen LogP contribution in [0.5, 0.6) is 5.75 Å². The minimum Gasteiger partial charge on any atom is -0.508 e. The number of thioether (sulfide) groups is 1. The van der Waals surface area contributed by atoms with Crippen molar-refractivity contribution >= 4 is 35.6 Å². The maximum Gasteiger partial charge on any atom is 0.408 e. The van der Waals surface area contributed by atoms with Crippen LogP contribution in [0.15, 0.2) is 48.5 Å². The normalized spacial score (nSPS) is 13.5. The summed E-state index contributed by atoms with van der Waals surface area (Å²) in [4.78, 5) is 57.4. The van der Waals surface area contributed by atoms with Crippen LogP contribution < -0.4 is 10.6 Å². The van der Waals surface area contributed by atoms with E-state index in [1.807, 2.05) is 36.6 Å². The summed E-state index contributed by atoms with van der Waals surface area (Å²) in [5, 5.41) is 16.1. The van der Waals surface area contributed by atoms with Gasteiger partial charge in [-0.25, -0.2) is 9.59 Å². The minimum absolute atomic E-state index is 0.0468. The quantitative estimate of drug-likeness (QED) is 0.109. The molecule has 0 aliphatic carbocycles. The number of esters is 1. The third-order valence-electron chi connectivity index (χ3n) is 7.77. The Hall–Kier alpha value is -3.73. The molecule has 50 heavy (non-hydrogen) atoms. The fourth-order valence-electron chi connectivity index (χ4n) is 5.38. The summed E-state index contributed by atoms with van der Waals surface area (Å²) in [5.41, 5.74) is 0.223. The molecule has 3 unspecified atom stereocenters. The highest BCUT2D eigenvalue weighted by Crippen LogP contribution is 2.29. The molecule has 0 spiro atoms. The second-order valence-electron chi connectivity index (χ2n) is 14.7. The van der Waals surface area contributed by atoms with Crippen molar-refractivity contribution in [2.45, 2.75) is 130 Å². The van der Waals surface area contributed by atoms with Crippen LogP contribution in [0.4, 0.5) is 4.79 Å². The molecule has 2 rings (SSSR count). The van der Waals surface area contributed by atoms with Crippen LogP contribution >= 0.6 is 11.8 Å². The van der Waals surface area contributed by atoms with Crippen LogP contribution in [0, 0.1) is 6.92 Å². The topological polar surface area (TPSA) is 134 Å². The molecule has 3 N–H and O–H groups in total. The second-order valence-corrected chi connectivity index (χ2v) is 15.6. The van der Waals surface area contributed by atoms with Crippen molar-refractivity contribution in [1.29, 1.82) is 0 Å². The lowest BCUT2D eigenvalue weighted by atomic mass is 9.98. The first kappa shape index (κ1) is 42.4. The van der Waals surface area contributed by atoms with Gasteiger partial charge in [0.1, 0.15) is 35.1 Å². The summed E-state index contributed by atoms with van der Waals surface area (Å²) in [6.07, 6.45) is 6.18. The van der Waals surface area contributed by atoms with E-state index in [1.54, 1.807) is 60.6 Å². The van der Waals surface area contributed by atoms with Crippen molar-refractivity contribution < 1.29 is 33.8 Å². The lowest BCUT2D eigenvalue weighted by Crippen LogP contribution is -2.55. The van der Waals surface area contributed by atoms with Gasteiger partial charge in [0.2, 0.25) is 11.8 Å². The number of nitrogens with one attached hydrogen (secondary N) is 2. The van der Waals surface area contributed by atoms with Gasteiger partial charge in [-0.2, -0.15) is 11.8 Å². The molecular weight excluding hydrogens is 655 g/mol. The number of carbonyl (C=O) groups is 4. The first-order valence-corrected chi connectivity index (χ1v) is 19.0. The van der Waals surface area contributed by atoms with Crippen molar-refractivity contribution in [2.75, 3.05) is 18.6 Å². The molecule has 0 bridgehead atoms. The number of alkyl carbamates (subject to hydrolysis) is 1. The molecule has 2 aromatic rings. The van der Waals surface area contributed by atoms with Gasteiger partial charge in [0.05, 0.1) is 0 Å². The van der Waals surface area contributed by atoms with E-state index >= 15 is 0 Å². The Labute approximate surface area is 303 Å². The molecule has 0 aliphatic rings. The van der Waals surface area contributed by atoms with Gasteiger partial charge in [0.25, 0.3) is 0 Å². The number of benzene rings is 2. The lowest BCUT2D eigenvalue weighted by molar-refractivity contribution is -0.159. The van der Waals surface area contributed by atoms with Gasteiger partial charge in [0.15, 0.2) is 0 Å². The highest BCUT2D eigenvalue weighted by molar-refractivity contribution is 7.98. The van der Waals surface area contributed by atoms with Gasteiger partial charge in [-0.15, -0.1) is 0 Å². The predicted octanol–water partition coefficient (Wildman–Crippen LogP) is 7.26. The van der Waals surface area contributed by atoms with Crippen LogP contribution in [0.3, 0.4) is 0 Å². The smallest absolute Gasteiger partial charge is 0.408 e. The van der Waals surface area contributed by atoms with Gasteiger partial charge in [-0.05, 0) is 102 Å². The average molecular weight is 714 g/mol. The molecule has 3 atom stereocenters. The second kappa shape index (κ2) is 20.2. The predicted molar refractivity (Wildman–Crippen MR) is 200 cm³/mol. The van der Waals surface area contributed by atoms with E-state index in [2.05, 4.69) is 17.6 Å². The molecule has 2 aromatic carbocycles. The molecule has 0 saturated heterocycles. The maximum atomic E-state index is 14.7. The molecule has 11 heteroatoms. The molecule has 0 aliphatic heterocycles. The molecule has 0 fully saturated rings. The van der Waals surface area contributed by atoms with E-state index in [-0.39, 0.29) is 18.7 Å². The molecule has 10 nitrogen and oxygen atoms in total. The van der Waals surface area contributed by atoms with Crippen LogP contribution in [-0.2, 0) is 30.3 Å². The molecule has 278 valence electrons. The van der Waals surface area contributed by atoms with Crippen molar-refractivity contribution in [2.24, 2.45) is 0 Å². The number of unbranched alkanes of at least 4 members (excludes halogenated alkanes) is 4. The third-order valence-corrected chi connectivity index (χ3v) is 8.42. The third kappa shape index (κ3) is 15.0. The molecule has 3 amide bonds. The maximum absolute atomic E-state index is 14.7. The Morgan fingerprint density at radius 2 is 1.50 bits per heavy atom. The first-order valence-electron chi connectivity index (χ1n) is 17.6. The van der Waals surface area contributed by atoms with Crippen molar-refractivity contribution in [3.8, 4) is 5.75 Å². The number of phenols is 1. The Balaban J connectivity index is 2.66. The number of aromatic hydroxyl groups is 1. The Bertz CT molecular complexity index is 1390. The Morgan fingerprint density at radius 1 is 0.860 bits per heavy atom. The van der Waals surface area contributed by atoms with Crippen LogP contribution in [0.2, 0.25) is 0 Å². The van der Waals surface area contributed by atoms with Gasteiger partial charge in [-0.1, -0.05) is 69.0 Å². The molecule has 0 heterocycles. The first-order chi connectivity index (χ1) is 23.5. The van der Waals surface area contributed by atoms with E-state index in [4.69, 9.17) is 9.47 Å². The van der Waals surface area contributed by atoms with Crippen molar-refractivity contribution in [3.05, 3.63) is 65.2 Å². The number of nitrogens with zero attached hydrogens (tertiary/aromatic N) is 1. The zero-order valence-corrected chi connectivity index (χ0v) is 32.3. The largest absolute Gasteiger partial charge is 0.508 e. The van der Waals surface area contributed by atoms with E-state index in [1.165, 1.54) is 22.7 Å². The van der Waals surface area contributed by atoms with Crippen molar-refractivity contribution in [3.63, 3.8) is 0 Å². The highest BCUT2D eigenvalue weighted by Gasteiger charge is 2.38.